The highest BCUT2D eigenvalue weighted by Crippen LogP contribution is 2.40. The minimum atomic E-state index is -0.212. The van der Waals surface area contributed by atoms with Gasteiger partial charge in [0.15, 0.2) is 5.82 Å². The van der Waals surface area contributed by atoms with E-state index in [1.165, 1.54) is 25.0 Å². The summed E-state index contributed by atoms with van der Waals surface area (Å²) in [5.74, 6) is 1.30. The number of rotatable bonds is 4. The van der Waals surface area contributed by atoms with Gasteiger partial charge in [-0.3, -0.25) is 0 Å². The fraction of sp³-hybridized carbons (Fsp3) is 0.294. The molecule has 0 aliphatic heterocycles. The molecule has 1 aliphatic rings. The monoisotopic (exact) mass is 296 g/mol. The zero-order chi connectivity index (χ0) is 15.1. The van der Waals surface area contributed by atoms with Crippen molar-refractivity contribution in [2.75, 3.05) is 11.9 Å². The molecule has 3 aromatic rings. The molecule has 0 radical (unpaired) electrons. The fourth-order valence-electron chi connectivity index (χ4n) is 2.74. The molecule has 0 spiro atoms. The summed E-state index contributed by atoms with van der Waals surface area (Å²) in [5.41, 5.74) is 3.23. The molecule has 0 amide bonds. The Morgan fingerprint density at radius 1 is 1.27 bits per heavy atom. The van der Waals surface area contributed by atoms with Crippen molar-refractivity contribution in [2.45, 2.75) is 25.3 Å². The van der Waals surface area contributed by atoms with E-state index in [2.05, 4.69) is 21.0 Å². The SMILES string of the molecule is CN(Cc1ccc(F)cc1)c1nccn2nc(C3CC3)cc12. The molecule has 4 nitrogen and oxygen atoms in total. The first-order valence-corrected chi connectivity index (χ1v) is 7.50. The third-order valence-corrected chi connectivity index (χ3v) is 4.08. The van der Waals surface area contributed by atoms with Gasteiger partial charge >= 0.3 is 0 Å². The molecule has 5 heteroatoms. The molecule has 0 atom stereocenters. The predicted octanol–water partition coefficient (Wildman–Crippen LogP) is 3.38. The van der Waals surface area contributed by atoms with E-state index in [1.54, 1.807) is 18.3 Å². The van der Waals surface area contributed by atoms with Crippen molar-refractivity contribution in [2.24, 2.45) is 0 Å². The van der Waals surface area contributed by atoms with Gasteiger partial charge in [-0.1, -0.05) is 12.1 Å². The lowest BCUT2D eigenvalue weighted by Gasteiger charge is -2.18. The van der Waals surface area contributed by atoms with Crippen molar-refractivity contribution in [3.63, 3.8) is 0 Å². The maximum Gasteiger partial charge on any atom is 0.154 e. The van der Waals surface area contributed by atoms with Crippen LogP contribution < -0.4 is 4.90 Å². The van der Waals surface area contributed by atoms with Gasteiger partial charge in [-0.25, -0.2) is 13.9 Å². The second-order valence-corrected chi connectivity index (χ2v) is 5.91. The first-order chi connectivity index (χ1) is 10.7. The number of benzene rings is 1. The zero-order valence-corrected chi connectivity index (χ0v) is 12.4. The lowest BCUT2D eigenvalue weighted by molar-refractivity contribution is 0.627. The summed E-state index contributed by atoms with van der Waals surface area (Å²) in [6, 6.07) is 8.72. The quantitative estimate of drug-likeness (QED) is 0.740. The summed E-state index contributed by atoms with van der Waals surface area (Å²) in [4.78, 5) is 6.57. The van der Waals surface area contributed by atoms with Crippen LogP contribution in [-0.2, 0) is 6.54 Å². The van der Waals surface area contributed by atoms with Gasteiger partial charge < -0.3 is 4.90 Å². The molecular weight excluding hydrogens is 279 g/mol. The molecule has 0 unspecified atom stereocenters. The third-order valence-electron chi connectivity index (χ3n) is 4.08. The van der Waals surface area contributed by atoms with Crippen molar-refractivity contribution in [1.29, 1.82) is 0 Å². The number of hydrogen-bond acceptors (Lipinski definition) is 3. The summed E-state index contributed by atoms with van der Waals surface area (Å²) in [7, 11) is 2.00. The van der Waals surface area contributed by atoms with E-state index in [4.69, 9.17) is 0 Å². The Morgan fingerprint density at radius 2 is 2.05 bits per heavy atom. The maximum atomic E-state index is 13.0. The van der Waals surface area contributed by atoms with E-state index in [0.717, 1.165) is 22.6 Å². The standard InChI is InChI=1S/C17H17FN4/c1-21(11-12-2-6-14(18)7-3-12)17-16-10-15(13-4-5-13)20-22(16)9-8-19-17/h2-3,6-10,13H,4-5,11H2,1H3. The fourth-order valence-corrected chi connectivity index (χ4v) is 2.74. The number of halogens is 1. The number of aromatic nitrogens is 3. The summed E-state index contributed by atoms with van der Waals surface area (Å²) in [6.07, 6.45) is 6.12. The van der Waals surface area contributed by atoms with Crippen molar-refractivity contribution < 1.29 is 4.39 Å². The van der Waals surface area contributed by atoms with Gasteiger partial charge in [0.25, 0.3) is 0 Å². The van der Waals surface area contributed by atoms with Gasteiger partial charge in [-0.15, -0.1) is 0 Å². The van der Waals surface area contributed by atoms with E-state index < -0.39 is 0 Å². The summed E-state index contributed by atoms with van der Waals surface area (Å²) >= 11 is 0. The molecule has 1 aliphatic carbocycles. The molecule has 4 rings (SSSR count). The number of anilines is 1. The minimum Gasteiger partial charge on any atom is -0.354 e. The molecule has 2 aromatic heterocycles. The Labute approximate surface area is 128 Å². The van der Waals surface area contributed by atoms with Crippen LogP contribution in [0.15, 0.2) is 42.7 Å². The Bertz CT molecular complexity index is 805. The predicted molar refractivity (Wildman–Crippen MR) is 83.5 cm³/mol. The van der Waals surface area contributed by atoms with Gasteiger partial charge in [0, 0.05) is 31.9 Å². The number of hydrogen-bond donors (Lipinski definition) is 0. The van der Waals surface area contributed by atoms with Crippen molar-refractivity contribution >= 4 is 11.3 Å². The van der Waals surface area contributed by atoms with E-state index in [-0.39, 0.29) is 5.82 Å². The first-order valence-electron chi connectivity index (χ1n) is 7.50. The van der Waals surface area contributed by atoms with Gasteiger partial charge in [0.05, 0.1) is 5.69 Å². The highest BCUT2D eigenvalue weighted by molar-refractivity contribution is 5.69. The molecule has 1 saturated carbocycles. The Kier molecular flexibility index (Phi) is 3.06. The molecule has 0 bridgehead atoms. The molecule has 1 fully saturated rings. The summed E-state index contributed by atoms with van der Waals surface area (Å²) in [6.45, 7) is 0.677. The van der Waals surface area contributed by atoms with E-state index in [1.807, 2.05) is 17.8 Å². The Morgan fingerprint density at radius 3 is 2.77 bits per heavy atom. The van der Waals surface area contributed by atoms with Gasteiger partial charge in [-0.2, -0.15) is 5.10 Å². The molecule has 0 N–H and O–H groups in total. The van der Waals surface area contributed by atoms with Gasteiger partial charge in [0.1, 0.15) is 11.3 Å². The van der Waals surface area contributed by atoms with Crippen LogP contribution in [0.1, 0.15) is 30.0 Å². The molecule has 0 saturated heterocycles. The molecule has 22 heavy (non-hydrogen) atoms. The molecular formula is C17H17FN4. The van der Waals surface area contributed by atoms with Gasteiger partial charge in [0.2, 0.25) is 0 Å². The molecule has 2 heterocycles. The normalized spacial score (nSPS) is 14.5. The average Bonchev–Trinajstić information content (AvgIpc) is 3.28. The second-order valence-electron chi connectivity index (χ2n) is 5.91. The van der Waals surface area contributed by atoms with Crippen LogP contribution in [0.2, 0.25) is 0 Å². The summed E-state index contributed by atoms with van der Waals surface area (Å²) < 4.78 is 14.9. The summed E-state index contributed by atoms with van der Waals surface area (Å²) in [5, 5.41) is 4.64. The van der Waals surface area contributed by atoms with Crippen LogP contribution in [0.5, 0.6) is 0 Å². The van der Waals surface area contributed by atoms with Crippen LogP contribution in [0.3, 0.4) is 0 Å². The molecule has 1 aromatic carbocycles. The maximum absolute atomic E-state index is 13.0. The topological polar surface area (TPSA) is 33.4 Å². The number of nitrogens with zero attached hydrogens (tertiary/aromatic N) is 4. The van der Waals surface area contributed by atoms with Gasteiger partial charge in [-0.05, 0) is 36.6 Å². The lowest BCUT2D eigenvalue weighted by Crippen LogP contribution is -2.18. The van der Waals surface area contributed by atoms with Crippen molar-refractivity contribution in [3.05, 3.63) is 59.8 Å². The van der Waals surface area contributed by atoms with E-state index in [9.17, 15) is 4.39 Å². The minimum absolute atomic E-state index is 0.212. The van der Waals surface area contributed by atoms with Crippen molar-refractivity contribution in [3.8, 4) is 0 Å². The first kappa shape index (κ1) is 13.2. The van der Waals surface area contributed by atoms with E-state index in [0.29, 0.717) is 12.5 Å². The highest BCUT2D eigenvalue weighted by Gasteiger charge is 2.27. The van der Waals surface area contributed by atoms with Crippen LogP contribution in [-0.4, -0.2) is 21.6 Å². The van der Waals surface area contributed by atoms with Crippen LogP contribution in [0.4, 0.5) is 10.2 Å². The van der Waals surface area contributed by atoms with Crippen LogP contribution >= 0.6 is 0 Å². The van der Waals surface area contributed by atoms with Crippen LogP contribution in [0.25, 0.3) is 5.52 Å². The highest BCUT2D eigenvalue weighted by atomic mass is 19.1. The smallest absolute Gasteiger partial charge is 0.154 e. The molecule has 112 valence electrons. The van der Waals surface area contributed by atoms with Crippen molar-refractivity contribution in [1.82, 2.24) is 14.6 Å². The Hall–Kier alpha value is -2.43. The largest absolute Gasteiger partial charge is 0.354 e. The number of fused-ring (bicyclic) bond motifs is 1. The lowest BCUT2D eigenvalue weighted by atomic mass is 10.2. The zero-order valence-electron chi connectivity index (χ0n) is 12.4. The second kappa shape index (κ2) is 5.09. The average molecular weight is 296 g/mol. The van der Waals surface area contributed by atoms with E-state index >= 15 is 0 Å². The van der Waals surface area contributed by atoms with Crippen LogP contribution in [0, 0.1) is 5.82 Å². The third kappa shape index (κ3) is 2.43. The Balaban J connectivity index is 1.65.